The van der Waals surface area contributed by atoms with Crippen molar-refractivity contribution in [1.29, 1.82) is 0 Å². The van der Waals surface area contributed by atoms with Gasteiger partial charge in [-0.15, -0.1) is 0 Å². The van der Waals surface area contributed by atoms with E-state index in [0.29, 0.717) is 11.1 Å². The maximum atomic E-state index is 13.2. The molecule has 0 saturated heterocycles. The van der Waals surface area contributed by atoms with E-state index in [-0.39, 0.29) is 23.0 Å². The summed E-state index contributed by atoms with van der Waals surface area (Å²) in [5.41, 5.74) is 1.57. The Morgan fingerprint density at radius 3 is 1.33 bits per heavy atom. The van der Waals surface area contributed by atoms with E-state index in [4.69, 9.17) is 9.05 Å². The molecule has 0 aliphatic rings. The largest absolute Gasteiger partial charge is 0.426 e. The zero-order chi connectivity index (χ0) is 26.7. The van der Waals surface area contributed by atoms with Gasteiger partial charge in [0, 0.05) is 39.3 Å². The van der Waals surface area contributed by atoms with Gasteiger partial charge >= 0.3 is 8.25 Å². The van der Waals surface area contributed by atoms with Gasteiger partial charge in [-0.05, 0) is 59.7 Å². The molecule has 0 saturated carbocycles. The first-order valence-electron chi connectivity index (χ1n) is 10.7. The average Bonchev–Trinajstić information content (AvgIpc) is 2.84. The topological polar surface area (TPSA) is 76.1 Å². The van der Waals surface area contributed by atoms with Gasteiger partial charge in [0.2, 0.25) is 0 Å². The molecular formula is C26H27F2N2O5P. The summed E-state index contributed by atoms with van der Waals surface area (Å²) in [6.07, 6.45) is 7.86. The van der Waals surface area contributed by atoms with Gasteiger partial charge in [0.05, 0.1) is 12.5 Å². The Balaban J connectivity index is 2.05. The Labute approximate surface area is 209 Å². The SMILES string of the molecule is CN(C)C(=O)/C(=C\C=C\O[PH](=O)O/C=C/C=C(\C(=O)N(C)C)c1ccc(F)cc1)c1ccc(F)cc1. The van der Waals surface area contributed by atoms with Crippen molar-refractivity contribution in [3.63, 3.8) is 0 Å². The molecule has 0 unspecified atom stereocenters. The lowest BCUT2D eigenvalue weighted by Gasteiger charge is -2.13. The van der Waals surface area contributed by atoms with Crippen LogP contribution < -0.4 is 0 Å². The number of allylic oxidation sites excluding steroid dienone is 4. The third-order valence-corrected chi connectivity index (χ3v) is 5.25. The van der Waals surface area contributed by atoms with Crippen LogP contribution in [0.5, 0.6) is 0 Å². The van der Waals surface area contributed by atoms with Crippen molar-refractivity contribution in [2.45, 2.75) is 0 Å². The minimum atomic E-state index is -2.97. The summed E-state index contributed by atoms with van der Waals surface area (Å²) in [6.45, 7) is 0. The lowest BCUT2D eigenvalue weighted by atomic mass is 10.0. The second-order valence-corrected chi connectivity index (χ2v) is 8.69. The van der Waals surface area contributed by atoms with Crippen LogP contribution in [0, 0.1) is 11.6 Å². The average molecular weight is 516 g/mol. The van der Waals surface area contributed by atoms with Crippen LogP contribution in [0.2, 0.25) is 0 Å². The molecule has 0 aliphatic carbocycles. The van der Waals surface area contributed by atoms with Crippen LogP contribution in [0.4, 0.5) is 8.78 Å². The molecule has 7 nitrogen and oxygen atoms in total. The van der Waals surface area contributed by atoms with Gasteiger partial charge in [-0.1, -0.05) is 24.3 Å². The van der Waals surface area contributed by atoms with Gasteiger partial charge in [-0.2, -0.15) is 0 Å². The van der Waals surface area contributed by atoms with Gasteiger partial charge < -0.3 is 18.8 Å². The molecule has 2 aromatic carbocycles. The molecule has 0 spiro atoms. The minimum Gasteiger partial charge on any atom is -0.426 e. The zero-order valence-corrected chi connectivity index (χ0v) is 21.3. The highest BCUT2D eigenvalue weighted by atomic mass is 31.1. The molecule has 0 bridgehead atoms. The van der Waals surface area contributed by atoms with Crippen molar-refractivity contribution in [1.82, 2.24) is 9.80 Å². The molecular weight excluding hydrogens is 489 g/mol. The van der Waals surface area contributed by atoms with Gasteiger partial charge in [0.1, 0.15) is 11.6 Å². The lowest BCUT2D eigenvalue weighted by molar-refractivity contribution is -0.123. The van der Waals surface area contributed by atoms with Gasteiger partial charge in [-0.25, -0.2) is 13.3 Å². The van der Waals surface area contributed by atoms with E-state index in [1.54, 1.807) is 28.2 Å². The van der Waals surface area contributed by atoms with Crippen LogP contribution in [-0.2, 0) is 23.2 Å². The number of hydrogen-bond acceptors (Lipinski definition) is 5. The maximum absolute atomic E-state index is 13.2. The molecule has 10 heteroatoms. The fourth-order valence-corrected chi connectivity index (χ4v) is 3.25. The normalized spacial score (nSPS) is 12.3. The number of benzene rings is 2. The summed E-state index contributed by atoms with van der Waals surface area (Å²) < 4.78 is 48.4. The molecule has 0 fully saturated rings. The van der Waals surface area contributed by atoms with E-state index in [1.807, 2.05) is 0 Å². The molecule has 2 amide bonds. The summed E-state index contributed by atoms with van der Waals surface area (Å²) in [5, 5.41) is 0. The zero-order valence-electron chi connectivity index (χ0n) is 20.3. The highest BCUT2D eigenvalue weighted by Gasteiger charge is 2.14. The third kappa shape index (κ3) is 8.67. The van der Waals surface area contributed by atoms with Crippen LogP contribution in [0.1, 0.15) is 11.1 Å². The van der Waals surface area contributed by atoms with Crippen molar-refractivity contribution in [3.05, 3.63) is 108 Å². The molecule has 0 heterocycles. The maximum Gasteiger partial charge on any atom is 0.417 e. The van der Waals surface area contributed by atoms with Crippen LogP contribution in [-0.4, -0.2) is 49.8 Å². The number of carbonyl (C=O) groups excluding carboxylic acids is 2. The molecule has 0 aliphatic heterocycles. The van der Waals surface area contributed by atoms with Crippen LogP contribution in [0.25, 0.3) is 11.1 Å². The Hall–Kier alpha value is -3.97. The van der Waals surface area contributed by atoms with Crippen LogP contribution in [0.3, 0.4) is 0 Å². The van der Waals surface area contributed by atoms with Gasteiger partial charge in [0.25, 0.3) is 11.8 Å². The third-order valence-electron chi connectivity index (χ3n) is 4.60. The summed E-state index contributed by atoms with van der Waals surface area (Å²) in [5.74, 6) is -1.48. The fourth-order valence-electron chi connectivity index (χ4n) is 2.81. The number of halogens is 2. The smallest absolute Gasteiger partial charge is 0.417 e. The van der Waals surface area contributed by atoms with Crippen molar-refractivity contribution in [2.75, 3.05) is 28.2 Å². The monoisotopic (exact) mass is 516 g/mol. The molecule has 0 N–H and O–H groups in total. The Bertz CT molecular complexity index is 1110. The highest BCUT2D eigenvalue weighted by Crippen LogP contribution is 2.25. The fraction of sp³-hybridized carbons (Fsp3) is 0.154. The van der Waals surface area contributed by atoms with Crippen molar-refractivity contribution in [3.8, 4) is 0 Å². The Kier molecular flexibility index (Phi) is 10.8. The molecule has 0 radical (unpaired) electrons. The van der Waals surface area contributed by atoms with E-state index < -0.39 is 19.9 Å². The first-order chi connectivity index (χ1) is 17.1. The van der Waals surface area contributed by atoms with E-state index in [1.165, 1.54) is 82.6 Å². The van der Waals surface area contributed by atoms with Crippen molar-refractivity contribution < 1.29 is 32.0 Å². The van der Waals surface area contributed by atoms with Crippen LogP contribution >= 0.6 is 8.25 Å². The van der Waals surface area contributed by atoms with Gasteiger partial charge in [-0.3, -0.25) is 9.59 Å². The summed E-state index contributed by atoms with van der Waals surface area (Å²) in [4.78, 5) is 27.6. The molecule has 36 heavy (non-hydrogen) atoms. The second-order valence-electron chi connectivity index (χ2n) is 7.72. The summed E-state index contributed by atoms with van der Waals surface area (Å²) in [6, 6.07) is 10.9. The Morgan fingerprint density at radius 2 is 1.03 bits per heavy atom. The van der Waals surface area contributed by atoms with Gasteiger partial charge in [0.15, 0.2) is 0 Å². The first kappa shape index (κ1) is 28.3. The number of amides is 2. The lowest BCUT2D eigenvalue weighted by Crippen LogP contribution is -2.22. The Morgan fingerprint density at radius 1 is 0.694 bits per heavy atom. The number of hydrogen-bond donors (Lipinski definition) is 0. The van der Waals surface area contributed by atoms with E-state index in [2.05, 4.69) is 0 Å². The van der Waals surface area contributed by atoms with E-state index >= 15 is 0 Å². The molecule has 190 valence electrons. The standard InChI is InChI=1S/C26H27F2N2O5P/c1-29(2)25(31)23(19-9-13-21(27)14-10-19)7-5-17-34-36(33)35-18-6-8-24(26(32)30(3)4)20-11-15-22(28)16-12-20/h5-18,36H,1-4H3/b17-5+,18-6+,23-7-,24-8-. The minimum absolute atomic E-state index is 0.282. The molecule has 0 aromatic heterocycles. The quantitative estimate of drug-likeness (QED) is 0.191. The predicted molar refractivity (Wildman–Crippen MR) is 136 cm³/mol. The number of rotatable bonds is 10. The van der Waals surface area contributed by atoms with Crippen molar-refractivity contribution >= 4 is 31.2 Å². The summed E-state index contributed by atoms with van der Waals surface area (Å²) in [7, 11) is 3.37. The van der Waals surface area contributed by atoms with E-state index in [0.717, 1.165) is 12.5 Å². The second kappa shape index (κ2) is 13.8. The van der Waals surface area contributed by atoms with Crippen LogP contribution in [0.15, 0.2) is 85.4 Å². The van der Waals surface area contributed by atoms with Crippen molar-refractivity contribution in [2.24, 2.45) is 0 Å². The van der Waals surface area contributed by atoms with E-state index in [9.17, 15) is 22.9 Å². The molecule has 0 atom stereocenters. The number of likely N-dealkylation sites (N-methyl/N-ethyl adjacent to an activating group) is 2. The molecule has 2 aromatic rings. The summed E-state index contributed by atoms with van der Waals surface area (Å²) >= 11 is 0. The number of carbonyl (C=O) groups is 2. The number of nitrogens with zero attached hydrogens (tertiary/aromatic N) is 2. The molecule has 2 rings (SSSR count). The highest BCUT2D eigenvalue weighted by molar-refractivity contribution is 7.33. The first-order valence-corrected chi connectivity index (χ1v) is 11.9. The predicted octanol–water partition coefficient (Wildman–Crippen LogP) is 5.06.